The number of aromatic hydroxyl groups is 2. The van der Waals surface area contributed by atoms with Crippen molar-refractivity contribution >= 4 is 61.2 Å². The largest absolute Gasteiger partial charge is 0.492 e. The fourth-order valence-corrected chi connectivity index (χ4v) is 7.68. The van der Waals surface area contributed by atoms with E-state index in [0.717, 1.165) is 46.5 Å². The Morgan fingerprint density at radius 1 is 0.959 bits per heavy atom. The minimum Gasteiger partial charge on any atom is -0.492 e. The molecule has 2 unspecified atom stereocenters. The van der Waals surface area contributed by atoms with Crippen LogP contribution in [0.2, 0.25) is 0 Å². The van der Waals surface area contributed by atoms with E-state index in [4.69, 9.17) is 19.0 Å². The minimum absolute atomic E-state index is 0.135. The van der Waals surface area contributed by atoms with Crippen LogP contribution < -0.4 is 19.6 Å². The molecule has 268 valence electrons. The van der Waals surface area contributed by atoms with Gasteiger partial charge in [-0.3, -0.25) is 9.98 Å². The van der Waals surface area contributed by atoms with E-state index in [0.29, 0.717) is 54.4 Å². The van der Waals surface area contributed by atoms with Crippen LogP contribution >= 0.6 is 11.8 Å². The van der Waals surface area contributed by atoms with Gasteiger partial charge >= 0.3 is 5.97 Å². The van der Waals surface area contributed by atoms with Crippen molar-refractivity contribution in [2.45, 2.75) is 56.3 Å². The first-order chi connectivity index (χ1) is 23.4. The molecule has 0 aliphatic carbocycles. The number of quaternary nitrogens is 1. The number of anilines is 2. The number of hydrogen-bond donors (Lipinski definition) is 5. The van der Waals surface area contributed by atoms with Gasteiger partial charge in [0.05, 0.1) is 29.9 Å². The van der Waals surface area contributed by atoms with E-state index in [2.05, 4.69) is 29.5 Å². The van der Waals surface area contributed by atoms with Crippen molar-refractivity contribution in [3.63, 3.8) is 0 Å². The molecule has 1 aromatic heterocycles. The predicted molar refractivity (Wildman–Crippen MR) is 193 cm³/mol. The Hall–Kier alpha value is -3.61. The second-order valence-corrected chi connectivity index (χ2v) is 15.5. The Balaban J connectivity index is 1.35. The summed E-state index contributed by atoms with van der Waals surface area (Å²) < 4.78 is 52.6. The third kappa shape index (κ3) is 11.5. The van der Waals surface area contributed by atoms with Gasteiger partial charge in [0.1, 0.15) is 0 Å². The van der Waals surface area contributed by atoms with Crippen LogP contribution in [-0.2, 0) is 26.0 Å². The van der Waals surface area contributed by atoms with Gasteiger partial charge in [-0.15, -0.1) is 9.83 Å². The number of hydrazone groups is 1. The highest BCUT2D eigenvalue weighted by molar-refractivity contribution is 8.14. The number of hydrogen-bond acceptors (Lipinski definition) is 11. The molecule has 5 N–H and O–H groups in total. The van der Waals surface area contributed by atoms with Gasteiger partial charge in [-0.2, -0.15) is 8.42 Å². The lowest BCUT2D eigenvalue weighted by molar-refractivity contribution is -0.145. The first-order valence-corrected chi connectivity index (χ1v) is 19.7. The quantitative estimate of drug-likeness (QED) is 0.0343. The van der Waals surface area contributed by atoms with Gasteiger partial charge in [0.25, 0.3) is 15.3 Å². The second-order valence-electron chi connectivity index (χ2n) is 11.9. The van der Waals surface area contributed by atoms with Crippen molar-refractivity contribution in [1.29, 1.82) is 0 Å². The molecule has 17 heteroatoms. The summed E-state index contributed by atoms with van der Waals surface area (Å²) in [5.74, 6) is -1.37. The van der Waals surface area contributed by atoms with E-state index < -0.39 is 27.2 Å². The van der Waals surface area contributed by atoms with E-state index >= 15 is 0 Å². The number of benzene rings is 2. The Labute approximate surface area is 293 Å². The number of para-hydroxylation sites is 1. The molecule has 2 atom stereocenters. The molecule has 2 aromatic carbocycles. The van der Waals surface area contributed by atoms with E-state index in [1.165, 1.54) is 12.1 Å². The number of carbonyl (C=O) groups excluding carboxylic acids is 1. The van der Waals surface area contributed by atoms with Crippen LogP contribution in [0, 0.1) is 0 Å². The second kappa shape index (κ2) is 17.9. The summed E-state index contributed by atoms with van der Waals surface area (Å²) in [6.07, 6.45) is 4.42. The number of amidine groups is 1. The number of nitrogens with zero attached hydrogens (tertiary/aromatic N) is 4. The van der Waals surface area contributed by atoms with Crippen LogP contribution in [0.15, 0.2) is 70.7 Å². The number of unbranched alkanes of at least 4 members (excludes halogenated alkanes) is 4. The van der Waals surface area contributed by atoms with Crippen LogP contribution in [0.1, 0.15) is 51.4 Å². The maximum Gasteiger partial charge on any atom is 0.333 e. The first-order valence-electron chi connectivity index (χ1n) is 16.0. The van der Waals surface area contributed by atoms with Crippen molar-refractivity contribution < 1.29 is 41.6 Å². The number of nitrogens with one attached hydrogen (secondary N) is 1. The molecule has 0 fully saturated rings. The molecule has 2 heterocycles. The molecule has 0 bridgehead atoms. The molecule has 3 aromatic rings. The maximum absolute atomic E-state index is 12.2. The molecule has 0 radical (unpaired) electrons. The van der Waals surface area contributed by atoms with Crippen LogP contribution in [0.3, 0.4) is 0 Å². The van der Waals surface area contributed by atoms with Gasteiger partial charge in [0.15, 0.2) is 16.8 Å². The summed E-state index contributed by atoms with van der Waals surface area (Å²) in [4.78, 5) is 20.5. The van der Waals surface area contributed by atoms with E-state index in [1.54, 1.807) is 11.8 Å². The number of aromatic nitrogens is 1. The summed E-state index contributed by atoms with van der Waals surface area (Å²) in [5, 5.41) is 25.0. The summed E-state index contributed by atoms with van der Waals surface area (Å²) in [6, 6.07) is 18.3. The van der Waals surface area contributed by atoms with Gasteiger partial charge in [-0.25, -0.2) is 13.5 Å². The van der Waals surface area contributed by atoms with Crippen molar-refractivity contribution in [2.75, 3.05) is 48.5 Å². The van der Waals surface area contributed by atoms with Gasteiger partial charge in [-0.05, 0) is 87.0 Å². The molecule has 0 saturated heterocycles. The number of fused-ring (bicyclic) bond motifs is 1. The van der Waals surface area contributed by atoms with Crippen LogP contribution in [0.25, 0.3) is 0 Å². The molecular weight excluding hydrogens is 695 g/mol. The Bertz CT molecular complexity index is 1700. The third-order valence-electron chi connectivity index (χ3n) is 8.09. The van der Waals surface area contributed by atoms with Gasteiger partial charge < -0.3 is 24.5 Å². The van der Waals surface area contributed by atoms with Crippen molar-refractivity contribution in [3.8, 4) is 11.8 Å². The van der Waals surface area contributed by atoms with Crippen LogP contribution in [0.5, 0.6) is 11.8 Å². The van der Waals surface area contributed by atoms with Gasteiger partial charge in [0.2, 0.25) is 11.8 Å². The molecule has 4 rings (SSSR count). The molecule has 0 spiro atoms. The van der Waals surface area contributed by atoms with E-state index in [9.17, 15) is 27.6 Å². The molecular formula is C32H44N5O9S3+. The smallest absolute Gasteiger partial charge is 0.333 e. The summed E-state index contributed by atoms with van der Waals surface area (Å²) in [6.45, 7) is 1.94. The highest BCUT2D eigenvalue weighted by Gasteiger charge is 2.42. The number of thioether (sulfide) groups is 1. The minimum atomic E-state index is -4.02. The zero-order chi connectivity index (χ0) is 35.4. The van der Waals surface area contributed by atoms with Gasteiger partial charge in [0, 0.05) is 49.1 Å². The number of rotatable bonds is 20. The van der Waals surface area contributed by atoms with Crippen molar-refractivity contribution in [3.05, 3.63) is 60.7 Å². The average molecular weight is 739 g/mol. The van der Waals surface area contributed by atoms with Crippen molar-refractivity contribution in [2.24, 2.45) is 5.10 Å². The Kier molecular flexibility index (Phi) is 13.9. The fourth-order valence-electron chi connectivity index (χ4n) is 5.46. The SMILES string of the molecule is C[N+]1(CCCCCC(=O)On2c(O)ccc2O)C(=NNc2ccc(N(CCCCS(=O)O)CCCCS(=O)(=O)O)cc2)Sc2ccccc21. The third-order valence-corrected chi connectivity index (χ3v) is 10.8. The summed E-state index contributed by atoms with van der Waals surface area (Å²) in [5.41, 5.74) is 6.03. The molecule has 1 aliphatic rings. The highest BCUT2D eigenvalue weighted by Crippen LogP contribution is 2.44. The first kappa shape index (κ1) is 38.2. The van der Waals surface area contributed by atoms with Crippen LogP contribution in [-0.4, -0.2) is 86.0 Å². The fraction of sp³-hybridized carbons (Fsp3) is 0.438. The molecule has 49 heavy (non-hydrogen) atoms. The Morgan fingerprint density at radius 3 is 2.31 bits per heavy atom. The van der Waals surface area contributed by atoms with Crippen molar-refractivity contribution in [1.82, 2.24) is 9.21 Å². The molecule has 14 nitrogen and oxygen atoms in total. The zero-order valence-corrected chi connectivity index (χ0v) is 29.8. The lowest BCUT2D eigenvalue weighted by atomic mass is 10.1. The van der Waals surface area contributed by atoms with Crippen LogP contribution in [0.4, 0.5) is 17.1 Å². The zero-order valence-electron chi connectivity index (χ0n) is 27.3. The lowest BCUT2D eigenvalue weighted by Crippen LogP contribution is -2.47. The normalized spacial score (nSPS) is 17.2. The molecule has 0 amide bonds. The summed E-state index contributed by atoms with van der Waals surface area (Å²) >= 11 is -0.250. The predicted octanol–water partition coefficient (Wildman–Crippen LogP) is 5.02. The Morgan fingerprint density at radius 2 is 1.63 bits per heavy atom. The topological polar surface area (TPSA) is 191 Å². The average Bonchev–Trinajstić information content (AvgIpc) is 3.52. The number of carbonyl (C=O) groups is 1. The monoisotopic (exact) mass is 738 g/mol. The van der Waals surface area contributed by atoms with E-state index in [1.807, 2.05) is 36.4 Å². The molecule has 1 aliphatic heterocycles. The van der Waals surface area contributed by atoms with Gasteiger partial charge in [-0.1, -0.05) is 12.1 Å². The van der Waals surface area contributed by atoms with E-state index in [-0.39, 0.29) is 29.7 Å². The maximum atomic E-state index is 12.2. The highest BCUT2D eigenvalue weighted by atomic mass is 32.2. The molecule has 0 saturated carbocycles. The lowest BCUT2D eigenvalue weighted by Gasteiger charge is -2.28. The summed E-state index contributed by atoms with van der Waals surface area (Å²) in [7, 11) is -1.91. The standard InChI is InChI=1S/C32H43N5O9S3/c1-37(22-8-2-3-13-31(40)46-36-29(38)18-19-30(36)39)27-11-4-5-12-28(27)47-32(37)34-33-25-14-16-26(17-15-25)35(20-6-9-23-48(41)42)21-7-10-24-49(43,44)45/h4-5,11-12,14-19,33H,2-3,6-10,13,20-24H2,1H3,(H3-,38,39,41,42,43,44,45)/p+1.